The molecule has 116 valence electrons. The predicted octanol–water partition coefficient (Wildman–Crippen LogP) is 0.827. The lowest BCUT2D eigenvalue weighted by molar-refractivity contribution is 0.145. The van der Waals surface area contributed by atoms with E-state index in [1.165, 1.54) is 10.5 Å². The lowest BCUT2D eigenvalue weighted by Gasteiger charge is -2.30. The van der Waals surface area contributed by atoms with E-state index in [-0.39, 0.29) is 11.0 Å². The molecule has 0 saturated carbocycles. The van der Waals surface area contributed by atoms with E-state index in [9.17, 15) is 13.5 Å². The largest absolute Gasteiger partial charge is 0.393 e. The molecule has 1 aromatic heterocycles. The van der Waals surface area contributed by atoms with Crippen LogP contribution in [0.3, 0.4) is 0 Å². The van der Waals surface area contributed by atoms with Crippen molar-refractivity contribution in [3.63, 3.8) is 0 Å². The van der Waals surface area contributed by atoms with Gasteiger partial charge < -0.3 is 10.0 Å². The summed E-state index contributed by atoms with van der Waals surface area (Å²) in [6.07, 6.45) is 4.55. The smallest absolute Gasteiger partial charge is 0.244 e. The Morgan fingerprint density at radius 3 is 2.33 bits per heavy atom. The maximum Gasteiger partial charge on any atom is 0.244 e. The number of sulfonamides is 1. The number of rotatable bonds is 3. The summed E-state index contributed by atoms with van der Waals surface area (Å²) in [4.78, 5) is 6.65. The quantitative estimate of drug-likeness (QED) is 0.895. The van der Waals surface area contributed by atoms with Crippen molar-refractivity contribution in [2.75, 3.05) is 31.1 Å². The van der Waals surface area contributed by atoms with E-state index in [0.29, 0.717) is 13.1 Å². The van der Waals surface area contributed by atoms with Gasteiger partial charge in [0, 0.05) is 32.4 Å². The van der Waals surface area contributed by atoms with Gasteiger partial charge in [-0.25, -0.2) is 13.4 Å². The van der Waals surface area contributed by atoms with Gasteiger partial charge in [-0.05, 0) is 37.8 Å². The van der Waals surface area contributed by atoms with Crippen molar-refractivity contribution < 1.29 is 13.5 Å². The molecular weight excluding hydrogens is 290 g/mol. The zero-order valence-electron chi connectivity index (χ0n) is 12.0. The fourth-order valence-electron chi connectivity index (χ4n) is 2.88. The zero-order chi connectivity index (χ0) is 14.9. The third-order valence-corrected chi connectivity index (χ3v) is 6.09. The molecule has 7 heteroatoms. The number of aliphatic hydroxyl groups excluding tert-OH is 1. The molecule has 0 spiro atoms. The van der Waals surface area contributed by atoms with Crippen molar-refractivity contribution in [3.05, 3.63) is 18.3 Å². The maximum atomic E-state index is 12.4. The van der Waals surface area contributed by atoms with E-state index in [2.05, 4.69) is 9.88 Å². The lowest BCUT2D eigenvalue weighted by atomic mass is 10.1. The van der Waals surface area contributed by atoms with Crippen LogP contribution >= 0.6 is 0 Å². The van der Waals surface area contributed by atoms with Gasteiger partial charge in [-0.2, -0.15) is 4.31 Å². The average Bonchev–Trinajstić information content (AvgIpc) is 3.03. The number of pyridine rings is 1. The second-order valence-corrected chi connectivity index (χ2v) is 7.62. The number of hydrogen-bond acceptors (Lipinski definition) is 5. The van der Waals surface area contributed by atoms with Crippen molar-refractivity contribution in [3.8, 4) is 0 Å². The van der Waals surface area contributed by atoms with Crippen molar-refractivity contribution in [1.82, 2.24) is 9.29 Å². The van der Waals surface area contributed by atoms with Crippen LogP contribution in [0.25, 0.3) is 0 Å². The monoisotopic (exact) mass is 311 g/mol. The predicted molar refractivity (Wildman–Crippen MR) is 79.7 cm³/mol. The van der Waals surface area contributed by atoms with Crippen LogP contribution in [0.1, 0.15) is 25.7 Å². The van der Waals surface area contributed by atoms with Gasteiger partial charge in [-0.1, -0.05) is 0 Å². The Morgan fingerprint density at radius 1 is 1.10 bits per heavy atom. The van der Waals surface area contributed by atoms with Crippen LogP contribution in [0.4, 0.5) is 5.82 Å². The Hall–Kier alpha value is -1.18. The van der Waals surface area contributed by atoms with E-state index in [4.69, 9.17) is 0 Å². The molecule has 0 radical (unpaired) electrons. The van der Waals surface area contributed by atoms with Crippen molar-refractivity contribution in [2.24, 2.45) is 0 Å². The van der Waals surface area contributed by atoms with Crippen LogP contribution in [-0.2, 0) is 10.0 Å². The molecule has 2 aliphatic heterocycles. The molecule has 21 heavy (non-hydrogen) atoms. The Labute approximate surface area is 125 Å². The fraction of sp³-hybridized carbons (Fsp3) is 0.643. The first-order valence-electron chi connectivity index (χ1n) is 7.46. The Balaban J connectivity index is 1.74. The topological polar surface area (TPSA) is 73.7 Å². The highest BCUT2D eigenvalue weighted by Gasteiger charge is 2.27. The number of anilines is 1. The van der Waals surface area contributed by atoms with E-state index in [1.807, 2.05) is 0 Å². The first-order chi connectivity index (χ1) is 10.1. The molecule has 1 aromatic rings. The SMILES string of the molecule is O=S(=O)(c1ccc(N2CCC(O)CC2)nc1)N1CCCC1. The Bertz CT molecular complexity index is 574. The normalized spacial score (nSPS) is 21.9. The summed E-state index contributed by atoms with van der Waals surface area (Å²) in [7, 11) is -3.38. The van der Waals surface area contributed by atoms with Crippen LogP contribution in [0.5, 0.6) is 0 Å². The number of nitrogens with zero attached hydrogens (tertiary/aromatic N) is 3. The van der Waals surface area contributed by atoms with Gasteiger partial charge in [0.1, 0.15) is 10.7 Å². The number of aliphatic hydroxyl groups is 1. The van der Waals surface area contributed by atoms with Gasteiger partial charge in [-0.15, -0.1) is 0 Å². The second kappa shape index (κ2) is 5.90. The van der Waals surface area contributed by atoms with Crippen LogP contribution in [-0.4, -0.2) is 55.1 Å². The van der Waals surface area contributed by atoms with Crippen molar-refractivity contribution in [1.29, 1.82) is 0 Å². The number of piperidine rings is 1. The maximum absolute atomic E-state index is 12.4. The van der Waals surface area contributed by atoms with Gasteiger partial charge in [0.05, 0.1) is 6.10 Å². The molecule has 2 aliphatic rings. The number of hydrogen-bond donors (Lipinski definition) is 1. The molecule has 0 amide bonds. The van der Waals surface area contributed by atoms with Crippen LogP contribution in [0.2, 0.25) is 0 Å². The zero-order valence-corrected chi connectivity index (χ0v) is 12.8. The van der Waals surface area contributed by atoms with Gasteiger partial charge >= 0.3 is 0 Å². The molecule has 3 rings (SSSR count). The Morgan fingerprint density at radius 2 is 1.76 bits per heavy atom. The third-order valence-electron chi connectivity index (χ3n) is 4.21. The molecule has 0 aliphatic carbocycles. The summed E-state index contributed by atoms with van der Waals surface area (Å²) in [5, 5.41) is 9.51. The first kappa shape index (κ1) is 14.7. The van der Waals surface area contributed by atoms with E-state index in [0.717, 1.165) is 44.6 Å². The fourth-order valence-corrected chi connectivity index (χ4v) is 4.35. The second-order valence-electron chi connectivity index (χ2n) is 5.68. The highest BCUT2D eigenvalue weighted by atomic mass is 32.2. The van der Waals surface area contributed by atoms with Gasteiger partial charge in [0.25, 0.3) is 0 Å². The highest BCUT2D eigenvalue weighted by molar-refractivity contribution is 7.89. The molecule has 2 saturated heterocycles. The van der Waals surface area contributed by atoms with Crippen LogP contribution in [0, 0.1) is 0 Å². The van der Waals surface area contributed by atoms with Crippen molar-refractivity contribution in [2.45, 2.75) is 36.7 Å². The summed E-state index contributed by atoms with van der Waals surface area (Å²) in [6.45, 7) is 2.72. The third kappa shape index (κ3) is 3.04. The van der Waals surface area contributed by atoms with Gasteiger partial charge in [0.2, 0.25) is 10.0 Å². The summed E-state index contributed by atoms with van der Waals surface area (Å²) in [5.74, 6) is 0.780. The molecule has 2 fully saturated rings. The van der Waals surface area contributed by atoms with E-state index < -0.39 is 10.0 Å². The average molecular weight is 311 g/mol. The van der Waals surface area contributed by atoms with E-state index >= 15 is 0 Å². The number of aromatic nitrogens is 1. The minimum atomic E-state index is -3.38. The van der Waals surface area contributed by atoms with Gasteiger partial charge in [0.15, 0.2) is 0 Å². The van der Waals surface area contributed by atoms with Crippen molar-refractivity contribution >= 4 is 15.8 Å². The van der Waals surface area contributed by atoms with Crippen LogP contribution < -0.4 is 4.90 Å². The molecule has 0 unspecified atom stereocenters. The molecule has 6 nitrogen and oxygen atoms in total. The van der Waals surface area contributed by atoms with E-state index in [1.54, 1.807) is 12.1 Å². The molecule has 0 bridgehead atoms. The summed E-state index contributed by atoms with van der Waals surface area (Å²) < 4.78 is 26.3. The Kier molecular flexibility index (Phi) is 4.14. The lowest BCUT2D eigenvalue weighted by Crippen LogP contribution is -2.36. The molecule has 0 aromatic carbocycles. The molecule has 1 N–H and O–H groups in total. The standard InChI is InChI=1S/C14H21N3O3S/c18-12-5-9-16(10-6-12)14-4-3-13(11-15-14)21(19,20)17-7-1-2-8-17/h3-4,11-12,18H,1-2,5-10H2. The summed E-state index contributed by atoms with van der Waals surface area (Å²) in [5.41, 5.74) is 0. The summed E-state index contributed by atoms with van der Waals surface area (Å²) >= 11 is 0. The highest BCUT2D eigenvalue weighted by Crippen LogP contribution is 2.23. The van der Waals surface area contributed by atoms with Crippen LogP contribution in [0.15, 0.2) is 23.2 Å². The molecular formula is C14H21N3O3S. The molecule has 3 heterocycles. The molecule has 0 atom stereocenters. The minimum Gasteiger partial charge on any atom is -0.393 e. The first-order valence-corrected chi connectivity index (χ1v) is 8.90. The summed E-state index contributed by atoms with van der Waals surface area (Å²) in [6, 6.07) is 3.40. The van der Waals surface area contributed by atoms with Gasteiger partial charge in [-0.3, -0.25) is 0 Å². The minimum absolute atomic E-state index is 0.226.